The number of benzene rings is 1. The molecular weight excluding hydrogens is 263 g/mol. The molecule has 6 N–H and O–H groups in total. The van der Waals surface area contributed by atoms with Crippen molar-refractivity contribution in [2.45, 2.75) is 6.92 Å². The first-order chi connectivity index (χ1) is 7.51. The molecule has 0 saturated heterocycles. The van der Waals surface area contributed by atoms with E-state index in [1.165, 1.54) is 0 Å². The Hall–Kier alpha value is -1.30. The molecule has 5 nitrogen and oxygen atoms in total. The van der Waals surface area contributed by atoms with Crippen molar-refractivity contribution in [2.24, 2.45) is 22.2 Å². The maximum atomic E-state index is 11.2. The second-order valence-corrected chi connectivity index (χ2v) is 3.19. The van der Waals surface area contributed by atoms with Crippen LogP contribution in [-0.2, 0) is 0 Å². The molecule has 0 heterocycles. The summed E-state index contributed by atoms with van der Waals surface area (Å²) in [6.45, 7) is 2.65. The highest BCUT2D eigenvalue weighted by Gasteiger charge is 2.02. The van der Waals surface area contributed by atoms with Crippen molar-refractivity contribution in [1.82, 2.24) is 0 Å². The molecule has 0 atom stereocenters. The molecule has 0 aliphatic rings. The molecule has 0 radical (unpaired) electrons. The Labute approximate surface area is 111 Å². The van der Waals surface area contributed by atoms with E-state index in [2.05, 4.69) is 4.99 Å². The van der Waals surface area contributed by atoms with Gasteiger partial charge in [0.15, 0.2) is 5.96 Å². The summed E-state index contributed by atoms with van der Waals surface area (Å²) < 4.78 is 0. The van der Waals surface area contributed by atoms with E-state index in [0.717, 1.165) is 6.54 Å². The van der Waals surface area contributed by atoms with Crippen LogP contribution in [0, 0.1) is 0 Å². The normalized spacial score (nSPS) is 8.18. The van der Waals surface area contributed by atoms with Crippen molar-refractivity contribution in [3.05, 3.63) is 34.9 Å². The molecule has 1 rings (SSSR count). The molecule has 17 heavy (non-hydrogen) atoms. The van der Waals surface area contributed by atoms with Gasteiger partial charge in [-0.3, -0.25) is 4.79 Å². The molecule has 0 aliphatic carbocycles. The molecule has 0 fully saturated rings. The molecule has 0 saturated carbocycles. The van der Waals surface area contributed by atoms with Crippen LogP contribution in [0.1, 0.15) is 17.3 Å². The van der Waals surface area contributed by atoms with Gasteiger partial charge < -0.3 is 17.2 Å². The van der Waals surface area contributed by atoms with Crippen molar-refractivity contribution in [1.29, 1.82) is 0 Å². The van der Waals surface area contributed by atoms with E-state index >= 15 is 0 Å². The van der Waals surface area contributed by atoms with Crippen LogP contribution in [0.4, 0.5) is 0 Å². The summed E-state index contributed by atoms with van der Waals surface area (Å²) in [5.74, 6) is -0.725. The Morgan fingerprint density at radius 1 is 1.29 bits per heavy atom. The molecule has 0 bridgehead atoms. The summed E-state index contributed by atoms with van der Waals surface area (Å²) in [7, 11) is 0. The van der Waals surface area contributed by atoms with Gasteiger partial charge in [-0.15, -0.1) is 12.4 Å². The van der Waals surface area contributed by atoms with E-state index < -0.39 is 5.91 Å². The molecule has 1 amide bonds. The summed E-state index contributed by atoms with van der Waals surface area (Å²) >= 11 is 5.63. The van der Waals surface area contributed by atoms with Crippen molar-refractivity contribution >= 4 is 35.9 Å². The summed E-state index contributed by atoms with van der Waals surface area (Å²) in [6.07, 6.45) is 0. The minimum Gasteiger partial charge on any atom is -0.370 e. The third-order valence-electron chi connectivity index (χ3n) is 1.32. The highest BCUT2D eigenvalue weighted by Crippen LogP contribution is 2.09. The van der Waals surface area contributed by atoms with Crippen LogP contribution in [0.5, 0.6) is 0 Å². The Balaban J connectivity index is 0. The largest absolute Gasteiger partial charge is 0.370 e. The molecule has 0 aliphatic heterocycles. The van der Waals surface area contributed by atoms with Gasteiger partial charge in [0.05, 0.1) is 0 Å². The standard InChI is InChI=1S/C8H8ClN3O.C2H7N.ClH/c9-6-3-1-5(2-4-6)7(13)12-8(10)11;1-2-3;/h1-4H,(H4,10,11,12,13);2-3H2,1H3;1H. The van der Waals surface area contributed by atoms with Crippen molar-refractivity contribution in [2.75, 3.05) is 6.54 Å². The SMILES string of the molecule is CCN.Cl.NC(N)=NC(=O)c1ccc(Cl)cc1. The number of hydrogen-bond acceptors (Lipinski definition) is 2. The number of amides is 1. The van der Waals surface area contributed by atoms with Gasteiger partial charge in [0, 0.05) is 10.6 Å². The second-order valence-electron chi connectivity index (χ2n) is 2.76. The zero-order valence-electron chi connectivity index (χ0n) is 9.39. The van der Waals surface area contributed by atoms with Gasteiger partial charge in [0.25, 0.3) is 5.91 Å². The Morgan fingerprint density at radius 3 is 2.06 bits per heavy atom. The molecule has 7 heteroatoms. The maximum Gasteiger partial charge on any atom is 0.280 e. The topological polar surface area (TPSA) is 107 Å². The smallest absolute Gasteiger partial charge is 0.280 e. The number of halogens is 2. The van der Waals surface area contributed by atoms with Crippen LogP contribution in [0.25, 0.3) is 0 Å². The maximum absolute atomic E-state index is 11.2. The molecule has 0 aromatic heterocycles. The number of nitrogens with two attached hydrogens (primary N) is 3. The first-order valence-electron chi connectivity index (χ1n) is 4.60. The van der Waals surface area contributed by atoms with E-state index in [0.29, 0.717) is 10.6 Å². The van der Waals surface area contributed by atoms with Gasteiger partial charge in [-0.1, -0.05) is 18.5 Å². The minimum absolute atomic E-state index is 0. The number of hydrogen-bond donors (Lipinski definition) is 3. The zero-order valence-corrected chi connectivity index (χ0v) is 11.0. The number of carbonyl (C=O) groups is 1. The van der Waals surface area contributed by atoms with Crippen LogP contribution in [0.3, 0.4) is 0 Å². The monoisotopic (exact) mass is 278 g/mol. The Morgan fingerprint density at radius 2 is 1.71 bits per heavy atom. The number of nitrogens with zero attached hydrogens (tertiary/aromatic N) is 1. The molecule has 1 aromatic carbocycles. The van der Waals surface area contributed by atoms with Gasteiger partial charge in [-0.05, 0) is 30.8 Å². The zero-order chi connectivity index (χ0) is 12.6. The van der Waals surface area contributed by atoms with E-state index in [9.17, 15) is 4.79 Å². The van der Waals surface area contributed by atoms with Crippen molar-refractivity contribution in [3.8, 4) is 0 Å². The number of aliphatic imine (C=N–C) groups is 1. The lowest BCUT2D eigenvalue weighted by Gasteiger charge is -1.95. The summed E-state index contributed by atoms with van der Waals surface area (Å²) in [4.78, 5) is 14.5. The van der Waals surface area contributed by atoms with Crippen LogP contribution < -0.4 is 17.2 Å². The Bertz CT molecular complexity index is 361. The van der Waals surface area contributed by atoms with Gasteiger partial charge >= 0.3 is 0 Å². The molecule has 1 aromatic rings. The molecular formula is C10H16Cl2N4O. The predicted octanol–water partition coefficient (Wildman–Crippen LogP) is 1.14. The van der Waals surface area contributed by atoms with E-state index in [4.69, 9.17) is 28.8 Å². The fraction of sp³-hybridized carbons (Fsp3) is 0.200. The van der Waals surface area contributed by atoms with Gasteiger partial charge in [0.1, 0.15) is 0 Å². The average molecular weight is 279 g/mol. The second kappa shape index (κ2) is 9.89. The first-order valence-corrected chi connectivity index (χ1v) is 4.98. The minimum atomic E-state index is -0.475. The average Bonchev–Trinajstić information content (AvgIpc) is 2.18. The van der Waals surface area contributed by atoms with Crippen LogP contribution in [-0.4, -0.2) is 18.4 Å². The van der Waals surface area contributed by atoms with Gasteiger partial charge in [0.2, 0.25) is 0 Å². The van der Waals surface area contributed by atoms with Gasteiger partial charge in [-0.25, -0.2) is 0 Å². The summed E-state index contributed by atoms with van der Waals surface area (Å²) in [6, 6.07) is 6.29. The number of rotatable bonds is 1. The lowest BCUT2D eigenvalue weighted by molar-refractivity contribution is 0.100. The fourth-order valence-corrected chi connectivity index (χ4v) is 0.900. The van der Waals surface area contributed by atoms with E-state index in [-0.39, 0.29) is 18.4 Å². The predicted molar refractivity (Wildman–Crippen MR) is 73.6 cm³/mol. The van der Waals surface area contributed by atoms with Crippen molar-refractivity contribution < 1.29 is 4.79 Å². The lowest BCUT2D eigenvalue weighted by atomic mass is 10.2. The fourth-order valence-electron chi connectivity index (χ4n) is 0.774. The van der Waals surface area contributed by atoms with Gasteiger partial charge in [-0.2, -0.15) is 4.99 Å². The van der Waals surface area contributed by atoms with E-state index in [1.807, 2.05) is 6.92 Å². The summed E-state index contributed by atoms with van der Waals surface area (Å²) in [5.41, 5.74) is 15.3. The number of carbonyl (C=O) groups excluding carboxylic acids is 1. The third-order valence-corrected chi connectivity index (χ3v) is 1.57. The summed E-state index contributed by atoms with van der Waals surface area (Å²) in [5, 5.41) is 0.557. The van der Waals surface area contributed by atoms with Crippen molar-refractivity contribution in [3.63, 3.8) is 0 Å². The molecule has 0 spiro atoms. The quantitative estimate of drug-likeness (QED) is 0.529. The van der Waals surface area contributed by atoms with E-state index in [1.54, 1.807) is 24.3 Å². The van der Waals surface area contributed by atoms with Crippen LogP contribution >= 0.6 is 24.0 Å². The highest BCUT2D eigenvalue weighted by molar-refractivity contribution is 6.30. The lowest BCUT2D eigenvalue weighted by Crippen LogP contribution is -2.24. The number of guanidine groups is 1. The van der Waals surface area contributed by atoms with Crippen LogP contribution in [0.15, 0.2) is 29.3 Å². The van der Waals surface area contributed by atoms with Crippen LogP contribution in [0.2, 0.25) is 5.02 Å². The molecule has 96 valence electrons. The third kappa shape index (κ3) is 8.50. The Kier molecular flexibility index (Phi) is 10.5. The first kappa shape index (κ1) is 18.1. The highest BCUT2D eigenvalue weighted by atomic mass is 35.5. The molecule has 0 unspecified atom stereocenters.